The highest BCUT2D eigenvalue weighted by molar-refractivity contribution is 4.99. The van der Waals surface area contributed by atoms with Crippen molar-refractivity contribution in [3.8, 4) is 0 Å². The summed E-state index contributed by atoms with van der Waals surface area (Å²) in [6, 6.07) is 0.674. The summed E-state index contributed by atoms with van der Waals surface area (Å²) in [5, 5.41) is 7.69. The zero-order valence-electron chi connectivity index (χ0n) is 10.3. The van der Waals surface area contributed by atoms with E-state index in [0.29, 0.717) is 6.04 Å². The molecule has 1 aromatic rings. The molecule has 2 heterocycles. The second-order valence-corrected chi connectivity index (χ2v) is 4.71. The fraction of sp³-hybridized carbons (Fsp3) is 0.750. The van der Waals surface area contributed by atoms with Crippen LogP contribution in [0.15, 0.2) is 12.4 Å². The molecular formula is C12H22N4. The number of likely N-dealkylation sites (tertiary alicyclic amines) is 1. The lowest BCUT2D eigenvalue weighted by atomic mass is 10.1. The summed E-state index contributed by atoms with van der Waals surface area (Å²) < 4.78 is 2.04. The first-order valence-corrected chi connectivity index (χ1v) is 6.16. The molecule has 0 saturated carbocycles. The van der Waals surface area contributed by atoms with Crippen LogP contribution in [0, 0.1) is 6.92 Å². The molecule has 2 rings (SSSR count). The molecule has 0 spiro atoms. The van der Waals surface area contributed by atoms with Crippen LogP contribution in [-0.2, 0) is 6.54 Å². The fourth-order valence-electron chi connectivity index (χ4n) is 2.33. The van der Waals surface area contributed by atoms with Crippen LogP contribution in [0.5, 0.6) is 0 Å². The zero-order chi connectivity index (χ0) is 11.4. The van der Waals surface area contributed by atoms with Crippen LogP contribution in [0.1, 0.15) is 18.4 Å². The molecule has 4 heteroatoms. The Balaban J connectivity index is 1.77. The molecule has 90 valence electrons. The topological polar surface area (TPSA) is 33.1 Å². The Morgan fingerprint density at radius 3 is 3.06 bits per heavy atom. The van der Waals surface area contributed by atoms with Gasteiger partial charge < -0.3 is 5.32 Å². The van der Waals surface area contributed by atoms with Gasteiger partial charge in [-0.05, 0) is 38.9 Å². The van der Waals surface area contributed by atoms with Crippen molar-refractivity contribution in [1.29, 1.82) is 0 Å². The molecule has 0 bridgehead atoms. The second-order valence-electron chi connectivity index (χ2n) is 4.71. The molecule has 1 aliphatic heterocycles. The Bertz CT molecular complexity index is 321. The molecule has 16 heavy (non-hydrogen) atoms. The zero-order valence-corrected chi connectivity index (χ0v) is 10.3. The summed E-state index contributed by atoms with van der Waals surface area (Å²) in [5.74, 6) is 0. The fourth-order valence-corrected chi connectivity index (χ4v) is 2.33. The van der Waals surface area contributed by atoms with Crippen LogP contribution >= 0.6 is 0 Å². The highest BCUT2D eigenvalue weighted by Crippen LogP contribution is 2.09. The van der Waals surface area contributed by atoms with E-state index >= 15 is 0 Å². The lowest BCUT2D eigenvalue weighted by molar-refractivity contribution is 0.187. The third-order valence-corrected chi connectivity index (χ3v) is 3.32. The predicted octanol–water partition coefficient (Wildman–Crippen LogP) is 0.875. The molecule has 1 aromatic heterocycles. The number of piperidine rings is 1. The van der Waals surface area contributed by atoms with Gasteiger partial charge in [0.25, 0.3) is 0 Å². The minimum absolute atomic E-state index is 0.674. The Kier molecular flexibility index (Phi) is 3.96. The van der Waals surface area contributed by atoms with Gasteiger partial charge in [0.1, 0.15) is 0 Å². The highest BCUT2D eigenvalue weighted by Gasteiger charge is 2.17. The molecule has 0 amide bonds. The van der Waals surface area contributed by atoms with Crippen LogP contribution in [0.25, 0.3) is 0 Å². The Morgan fingerprint density at radius 1 is 1.50 bits per heavy atom. The van der Waals surface area contributed by atoms with E-state index in [4.69, 9.17) is 0 Å². The molecule has 1 N–H and O–H groups in total. The van der Waals surface area contributed by atoms with Crippen LogP contribution in [-0.4, -0.2) is 47.4 Å². The average Bonchev–Trinajstić information content (AvgIpc) is 2.73. The normalized spacial score (nSPS) is 22.5. The lowest BCUT2D eigenvalue weighted by Gasteiger charge is -2.32. The van der Waals surface area contributed by atoms with E-state index in [-0.39, 0.29) is 0 Å². The van der Waals surface area contributed by atoms with E-state index in [9.17, 15) is 0 Å². The molecule has 0 aliphatic carbocycles. The van der Waals surface area contributed by atoms with Crippen molar-refractivity contribution in [1.82, 2.24) is 20.0 Å². The van der Waals surface area contributed by atoms with Crippen molar-refractivity contribution in [2.45, 2.75) is 32.4 Å². The first-order chi connectivity index (χ1) is 7.78. The summed E-state index contributed by atoms with van der Waals surface area (Å²) in [6.07, 6.45) is 6.66. The minimum Gasteiger partial charge on any atom is -0.316 e. The smallest absolute Gasteiger partial charge is 0.0536 e. The van der Waals surface area contributed by atoms with Gasteiger partial charge in [0, 0.05) is 25.3 Å². The van der Waals surface area contributed by atoms with E-state index in [1.165, 1.54) is 31.5 Å². The Morgan fingerprint density at radius 2 is 2.38 bits per heavy atom. The van der Waals surface area contributed by atoms with Crippen LogP contribution in [0.2, 0.25) is 0 Å². The third kappa shape index (κ3) is 3.06. The van der Waals surface area contributed by atoms with Crippen molar-refractivity contribution in [2.24, 2.45) is 0 Å². The second kappa shape index (κ2) is 5.46. The van der Waals surface area contributed by atoms with Crippen molar-refractivity contribution in [2.75, 3.05) is 26.7 Å². The average molecular weight is 222 g/mol. The summed E-state index contributed by atoms with van der Waals surface area (Å²) in [5.41, 5.74) is 1.24. The molecule has 4 nitrogen and oxygen atoms in total. The monoisotopic (exact) mass is 222 g/mol. The SMILES string of the molecule is CNC1CCCN(CCn2cc(C)cn2)C1. The molecule has 0 radical (unpaired) electrons. The number of likely N-dealkylation sites (N-methyl/N-ethyl adjacent to an activating group) is 1. The van der Waals surface area contributed by atoms with E-state index in [1.54, 1.807) is 0 Å². The Labute approximate surface area is 97.6 Å². The van der Waals surface area contributed by atoms with Gasteiger partial charge in [-0.3, -0.25) is 9.58 Å². The maximum absolute atomic E-state index is 4.31. The van der Waals surface area contributed by atoms with Gasteiger partial charge in [0.05, 0.1) is 12.7 Å². The van der Waals surface area contributed by atoms with E-state index in [2.05, 4.69) is 35.5 Å². The maximum atomic E-state index is 4.31. The summed E-state index contributed by atoms with van der Waals surface area (Å²) in [6.45, 7) is 6.61. The number of aromatic nitrogens is 2. The molecule has 1 saturated heterocycles. The summed E-state index contributed by atoms with van der Waals surface area (Å²) in [7, 11) is 2.06. The van der Waals surface area contributed by atoms with Gasteiger partial charge in [-0.2, -0.15) is 5.10 Å². The molecule has 0 aromatic carbocycles. The number of aryl methyl sites for hydroxylation is 1. The molecule has 1 unspecified atom stereocenters. The molecule has 1 atom stereocenters. The van der Waals surface area contributed by atoms with Gasteiger partial charge in [0.15, 0.2) is 0 Å². The van der Waals surface area contributed by atoms with Crippen LogP contribution < -0.4 is 5.32 Å². The van der Waals surface area contributed by atoms with Gasteiger partial charge in [-0.25, -0.2) is 0 Å². The number of hydrogen-bond donors (Lipinski definition) is 1. The van der Waals surface area contributed by atoms with E-state index in [0.717, 1.165) is 13.1 Å². The number of hydrogen-bond acceptors (Lipinski definition) is 3. The van der Waals surface area contributed by atoms with Gasteiger partial charge >= 0.3 is 0 Å². The van der Waals surface area contributed by atoms with Crippen molar-refractivity contribution in [3.63, 3.8) is 0 Å². The lowest BCUT2D eigenvalue weighted by Crippen LogP contribution is -2.45. The highest BCUT2D eigenvalue weighted by atomic mass is 15.3. The van der Waals surface area contributed by atoms with Crippen LogP contribution in [0.4, 0.5) is 0 Å². The van der Waals surface area contributed by atoms with Crippen molar-refractivity contribution >= 4 is 0 Å². The first kappa shape index (κ1) is 11.6. The Hall–Kier alpha value is -0.870. The summed E-state index contributed by atoms with van der Waals surface area (Å²) >= 11 is 0. The quantitative estimate of drug-likeness (QED) is 0.821. The predicted molar refractivity (Wildman–Crippen MR) is 65.5 cm³/mol. The first-order valence-electron chi connectivity index (χ1n) is 6.16. The summed E-state index contributed by atoms with van der Waals surface area (Å²) in [4.78, 5) is 2.53. The largest absolute Gasteiger partial charge is 0.316 e. The molecule has 1 fully saturated rings. The van der Waals surface area contributed by atoms with Crippen molar-refractivity contribution < 1.29 is 0 Å². The number of nitrogens with one attached hydrogen (secondary N) is 1. The van der Waals surface area contributed by atoms with Crippen LogP contribution in [0.3, 0.4) is 0 Å². The number of rotatable bonds is 4. The minimum atomic E-state index is 0.674. The van der Waals surface area contributed by atoms with E-state index in [1.807, 2.05) is 10.9 Å². The molecular weight excluding hydrogens is 200 g/mol. The standard InChI is InChI=1S/C12H22N4/c1-11-8-14-16(9-11)7-6-15-5-3-4-12(10-15)13-2/h8-9,12-13H,3-7,10H2,1-2H3. The van der Waals surface area contributed by atoms with E-state index < -0.39 is 0 Å². The van der Waals surface area contributed by atoms with Gasteiger partial charge in [-0.1, -0.05) is 0 Å². The van der Waals surface area contributed by atoms with Gasteiger partial charge in [0.2, 0.25) is 0 Å². The van der Waals surface area contributed by atoms with Crippen molar-refractivity contribution in [3.05, 3.63) is 18.0 Å². The maximum Gasteiger partial charge on any atom is 0.0536 e. The molecule has 1 aliphatic rings. The van der Waals surface area contributed by atoms with Gasteiger partial charge in [-0.15, -0.1) is 0 Å². The third-order valence-electron chi connectivity index (χ3n) is 3.32. The number of nitrogens with zero attached hydrogens (tertiary/aromatic N) is 3.